The van der Waals surface area contributed by atoms with Crippen LogP contribution in [-0.2, 0) is 24.6 Å². The highest BCUT2D eigenvalue weighted by Crippen LogP contribution is 2.11. The molecule has 0 radical (unpaired) electrons. The number of hydrogen-bond acceptors (Lipinski definition) is 7. The van der Waals surface area contributed by atoms with E-state index in [-0.39, 0.29) is 5.56 Å². The van der Waals surface area contributed by atoms with Gasteiger partial charge in [0.25, 0.3) is 0 Å². The van der Waals surface area contributed by atoms with E-state index in [1.165, 1.54) is 6.07 Å². The highest BCUT2D eigenvalue weighted by atomic mass is 32.2. The van der Waals surface area contributed by atoms with Crippen LogP contribution in [0.2, 0.25) is 0 Å². The van der Waals surface area contributed by atoms with Crippen LogP contribution in [0.25, 0.3) is 0 Å². The fourth-order valence-electron chi connectivity index (χ4n) is 1.15. The number of rotatable bonds is 5. The van der Waals surface area contributed by atoms with Crippen LogP contribution in [0.5, 0.6) is 0 Å². The molecular weight excluding hydrogens is 296 g/mol. The van der Waals surface area contributed by atoms with Crippen LogP contribution in [-0.4, -0.2) is 46.4 Å². The quantitative estimate of drug-likeness (QED) is 0.684. The molecule has 0 amide bonds. The summed E-state index contributed by atoms with van der Waals surface area (Å²) >= 11 is 0. The van der Waals surface area contributed by atoms with Gasteiger partial charge < -0.3 is 4.74 Å². The molecular formula is C9H12N2O6S2. The molecule has 0 aromatic carbocycles. The second kappa shape index (κ2) is 5.63. The van der Waals surface area contributed by atoms with Crippen molar-refractivity contribution < 1.29 is 26.4 Å². The molecule has 1 heterocycles. The molecule has 0 atom stereocenters. The van der Waals surface area contributed by atoms with Crippen molar-refractivity contribution in [2.75, 3.05) is 18.6 Å². The summed E-state index contributed by atoms with van der Waals surface area (Å²) in [5, 5.41) is 4.33. The molecule has 1 aromatic heterocycles. The number of methoxy groups -OCH3 is 1. The molecule has 106 valence electrons. The summed E-state index contributed by atoms with van der Waals surface area (Å²) in [6.07, 6.45) is 1.12. The second-order valence-corrected chi connectivity index (χ2v) is 7.35. The molecule has 19 heavy (non-hydrogen) atoms. The van der Waals surface area contributed by atoms with Crippen molar-refractivity contribution in [1.82, 2.24) is 4.98 Å². The maximum Gasteiger partial charge on any atom is 0.338 e. The molecule has 0 saturated carbocycles. The Hall–Kier alpha value is -1.52. The second-order valence-electron chi connectivity index (χ2n) is 3.56. The van der Waals surface area contributed by atoms with E-state index in [1.54, 1.807) is 0 Å². The van der Waals surface area contributed by atoms with Crippen LogP contribution >= 0.6 is 0 Å². The molecule has 1 aromatic rings. The van der Waals surface area contributed by atoms with Crippen LogP contribution < -0.4 is 5.14 Å². The lowest BCUT2D eigenvalue weighted by Crippen LogP contribution is -2.23. The van der Waals surface area contributed by atoms with Gasteiger partial charge in [0.2, 0.25) is 10.0 Å². The van der Waals surface area contributed by atoms with Gasteiger partial charge in [0.15, 0.2) is 14.9 Å². The molecule has 0 aliphatic carbocycles. The number of pyridine rings is 1. The molecule has 0 bridgehead atoms. The van der Waals surface area contributed by atoms with E-state index in [0.717, 1.165) is 19.4 Å². The smallest absolute Gasteiger partial charge is 0.338 e. The Labute approximate surface area is 110 Å². The van der Waals surface area contributed by atoms with Crippen LogP contribution in [0.1, 0.15) is 10.4 Å². The minimum Gasteiger partial charge on any atom is -0.465 e. The van der Waals surface area contributed by atoms with Crippen molar-refractivity contribution >= 4 is 25.8 Å². The molecule has 1 rings (SSSR count). The summed E-state index contributed by atoms with van der Waals surface area (Å²) < 4.78 is 49.6. The number of sulfonamides is 1. The summed E-state index contributed by atoms with van der Waals surface area (Å²) in [5.74, 6) is -2.14. The maximum atomic E-state index is 11.8. The predicted octanol–water partition coefficient (Wildman–Crippen LogP) is -1.07. The first kappa shape index (κ1) is 15.5. The summed E-state index contributed by atoms with van der Waals surface area (Å²) in [6.45, 7) is 0. The molecule has 0 saturated heterocycles. The van der Waals surface area contributed by atoms with E-state index in [4.69, 9.17) is 5.14 Å². The lowest BCUT2D eigenvalue weighted by molar-refractivity contribution is 0.0600. The van der Waals surface area contributed by atoms with Crippen molar-refractivity contribution in [3.8, 4) is 0 Å². The highest BCUT2D eigenvalue weighted by Gasteiger charge is 2.20. The summed E-state index contributed by atoms with van der Waals surface area (Å²) in [6, 6.07) is 2.30. The van der Waals surface area contributed by atoms with Gasteiger partial charge >= 0.3 is 5.97 Å². The van der Waals surface area contributed by atoms with Gasteiger partial charge in [-0.2, -0.15) is 0 Å². The van der Waals surface area contributed by atoms with Crippen molar-refractivity contribution in [2.45, 2.75) is 5.03 Å². The number of sulfone groups is 1. The Morgan fingerprint density at radius 3 is 2.47 bits per heavy atom. The molecule has 8 nitrogen and oxygen atoms in total. The monoisotopic (exact) mass is 308 g/mol. The standard InChI is InChI=1S/C9H12N2O6S2/c1-17-9(12)7-2-3-11-8(6-7)18(13,14)4-5-19(10,15)16/h2-3,6H,4-5H2,1H3,(H2,10,15,16). The third kappa shape index (κ3) is 4.58. The highest BCUT2D eigenvalue weighted by molar-refractivity contribution is 7.94. The normalized spacial score (nSPS) is 12.1. The zero-order valence-corrected chi connectivity index (χ0v) is 11.6. The fourth-order valence-corrected chi connectivity index (χ4v) is 3.70. The van der Waals surface area contributed by atoms with E-state index in [9.17, 15) is 21.6 Å². The SMILES string of the molecule is COC(=O)c1ccnc(S(=O)(=O)CCS(N)(=O)=O)c1. The van der Waals surface area contributed by atoms with Gasteiger partial charge in [-0.1, -0.05) is 0 Å². The van der Waals surface area contributed by atoms with E-state index < -0.39 is 42.4 Å². The largest absolute Gasteiger partial charge is 0.465 e. The summed E-state index contributed by atoms with van der Waals surface area (Å²) in [5.41, 5.74) is 0.00619. The zero-order valence-electron chi connectivity index (χ0n) is 9.94. The summed E-state index contributed by atoms with van der Waals surface area (Å²) in [7, 11) is -6.68. The average Bonchev–Trinajstić information content (AvgIpc) is 2.35. The number of ether oxygens (including phenoxy) is 1. The van der Waals surface area contributed by atoms with Gasteiger partial charge in [-0.3, -0.25) is 0 Å². The molecule has 0 unspecified atom stereocenters. The van der Waals surface area contributed by atoms with Crippen molar-refractivity contribution in [1.29, 1.82) is 0 Å². The van der Waals surface area contributed by atoms with Crippen molar-refractivity contribution in [3.05, 3.63) is 23.9 Å². The molecule has 2 N–H and O–H groups in total. The van der Waals surface area contributed by atoms with Gasteiger partial charge in [0.1, 0.15) is 0 Å². The Balaban J connectivity index is 3.05. The first-order chi connectivity index (χ1) is 8.65. The number of nitrogens with two attached hydrogens (primary N) is 1. The first-order valence-corrected chi connectivity index (χ1v) is 8.30. The van der Waals surface area contributed by atoms with Crippen molar-refractivity contribution in [3.63, 3.8) is 0 Å². The number of carbonyl (C=O) groups is 1. The van der Waals surface area contributed by atoms with E-state index in [1.807, 2.05) is 0 Å². The third-order valence-electron chi connectivity index (χ3n) is 2.11. The van der Waals surface area contributed by atoms with Crippen LogP contribution in [0.3, 0.4) is 0 Å². The topological polar surface area (TPSA) is 133 Å². The Morgan fingerprint density at radius 1 is 1.32 bits per heavy atom. The summed E-state index contributed by atoms with van der Waals surface area (Å²) in [4.78, 5) is 14.8. The molecule has 0 aliphatic rings. The van der Waals surface area contributed by atoms with Gasteiger partial charge in [0, 0.05) is 6.20 Å². The van der Waals surface area contributed by atoms with Gasteiger partial charge in [-0.15, -0.1) is 0 Å². The van der Waals surface area contributed by atoms with Gasteiger partial charge in [-0.25, -0.2) is 31.8 Å². The number of nitrogens with zero attached hydrogens (tertiary/aromatic N) is 1. The number of aromatic nitrogens is 1. The lowest BCUT2D eigenvalue weighted by Gasteiger charge is -2.04. The number of esters is 1. The maximum absolute atomic E-state index is 11.8. The average molecular weight is 308 g/mol. The number of carbonyl (C=O) groups excluding carboxylic acids is 1. The molecule has 0 aliphatic heterocycles. The third-order valence-corrected chi connectivity index (χ3v) is 4.74. The Bertz CT molecular complexity index is 680. The Morgan fingerprint density at radius 2 is 1.95 bits per heavy atom. The lowest BCUT2D eigenvalue weighted by atomic mass is 10.3. The Kier molecular flexibility index (Phi) is 4.61. The fraction of sp³-hybridized carbons (Fsp3) is 0.333. The minimum absolute atomic E-state index is 0.00619. The van der Waals surface area contributed by atoms with Crippen LogP contribution in [0.15, 0.2) is 23.4 Å². The van der Waals surface area contributed by atoms with E-state index in [2.05, 4.69) is 9.72 Å². The van der Waals surface area contributed by atoms with Gasteiger partial charge in [0.05, 0.1) is 24.2 Å². The molecule has 0 fully saturated rings. The zero-order chi connectivity index (χ0) is 14.7. The van der Waals surface area contributed by atoms with Crippen LogP contribution in [0.4, 0.5) is 0 Å². The van der Waals surface area contributed by atoms with Crippen LogP contribution in [0, 0.1) is 0 Å². The number of hydrogen-bond donors (Lipinski definition) is 1. The molecule has 0 spiro atoms. The van der Waals surface area contributed by atoms with Gasteiger partial charge in [-0.05, 0) is 12.1 Å². The first-order valence-electron chi connectivity index (χ1n) is 4.93. The van der Waals surface area contributed by atoms with Crippen molar-refractivity contribution in [2.24, 2.45) is 5.14 Å². The van der Waals surface area contributed by atoms with E-state index in [0.29, 0.717) is 0 Å². The minimum atomic E-state index is -3.94. The number of primary sulfonamides is 1. The van der Waals surface area contributed by atoms with E-state index >= 15 is 0 Å². The molecule has 10 heteroatoms. The predicted molar refractivity (Wildman–Crippen MR) is 65.6 cm³/mol.